The number of carbonyl (C=O) groups excluding carboxylic acids is 2. The van der Waals surface area contributed by atoms with Crippen LogP contribution in [0.3, 0.4) is 0 Å². The molecular formula is C18H17N3O4. The Labute approximate surface area is 144 Å². The molecule has 25 heavy (non-hydrogen) atoms. The van der Waals surface area contributed by atoms with Crippen LogP contribution in [0.1, 0.15) is 18.2 Å². The van der Waals surface area contributed by atoms with Gasteiger partial charge in [0, 0.05) is 11.8 Å². The van der Waals surface area contributed by atoms with E-state index in [0.717, 1.165) is 5.56 Å². The molecule has 7 heteroatoms. The Morgan fingerprint density at radius 2 is 2.16 bits per heavy atom. The molecule has 1 N–H and O–H groups in total. The van der Waals surface area contributed by atoms with Crippen LogP contribution in [0.15, 0.2) is 48.7 Å². The highest BCUT2D eigenvalue weighted by Crippen LogP contribution is 2.47. The molecule has 1 fully saturated rings. The van der Waals surface area contributed by atoms with Gasteiger partial charge in [0.2, 0.25) is 5.72 Å². The summed E-state index contributed by atoms with van der Waals surface area (Å²) in [6.45, 7) is 2.00. The number of anilines is 1. The summed E-state index contributed by atoms with van der Waals surface area (Å²) in [5, 5.41) is 2.79. The normalized spacial score (nSPS) is 24.3. The molecule has 2 aliphatic rings. The third-order valence-corrected chi connectivity index (χ3v) is 4.41. The second-order valence-corrected chi connectivity index (χ2v) is 5.79. The van der Waals surface area contributed by atoms with E-state index in [1.54, 1.807) is 25.3 Å². The number of rotatable bonds is 3. The summed E-state index contributed by atoms with van der Waals surface area (Å²) in [4.78, 5) is 31.1. The first kappa shape index (κ1) is 15.6. The molecule has 0 saturated carbocycles. The molecule has 128 valence electrons. The molecule has 1 aromatic carbocycles. The molecule has 2 atom stereocenters. The van der Waals surface area contributed by atoms with Gasteiger partial charge in [-0.25, -0.2) is 9.59 Å². The van der Waals surface area contributed by atoms with E-state index >= 15 is 0 Å². The van der Waals surface area contributed by atoms with Gasteiger partial charge in [0.15, 0.2) is 6.04 Å². The maximum Gasteiger partial charge on any atom is 0.331 e. The zero-order valence-electron chi connectivity index (χ0n) is 13.6. The van der Waals surface area contributed by atoms with Crippen LogP contribution < -0.4 is 5.32 Å². The summed E-state index contributed by atoms with van der Waals surface area (Å²) in [5.41, 5.74) is 0.596. The summed E-state index contributed by atoms with van der Waals surface area (Å²) in [7, 11) is 0. The summed E-state index contributed by atoms with van der Waals surface area (Å²) in [6.07, 6.45) is 1.64. The van der Waals surface area contributed by atoms with Gasteiger partial charge >= 0.3 is 12.0 Å². The number of amides is 2. The molecule has 1 saturated heterocycles. The van der Waals surface area contributed by atoms with E-state index < -0.39 is 23.8 Å². The van der Waals surface area contributed by atoms with Crippen LogP contribution >= 0.6 is 0 Å². The minimum absolute atomic E-state index is 0.0389. The molecule has 0 aliphatic carbocycles. The van der Waals surface area contributed by atoms with Gasteiger partial charge in [-0.15, -0.1) is 0 Å². The number of urea groups is 1. The van der Waals surface area contributed by atoms with Crippen LogP contribution in [0.25, 0.3) is 0 Å². The molecular weight excluding hydrogens is 322 g/mol. The van der Waals surface area contributed by atoms with Gasteiger partial charge in [0.05, 0.1) is 18.9 Å². The number of fused-ring (bicyclic) bond motifs is 3. The summed E-state index contributed by atoms with van der Waals surface area (Å²) in [6, 6.07) is 11.6. The molecule has 3 heterocycles. The van der Waals surface area contributed by atoms with Crippen molar-refractivity contribution in [1.82, 2.24) is 9.88 Å². The van der Waals surface area contributed by atoms with Crippen molar-refractivity contribution in [3.05, 3.63) is 59.9 Å². The van der Waals surface area contributed by atoms with Crippen molar-refractivity contribution in [2.75, 3.05) is 18.5 Å². The minimum atomic E-state index is -1.25. The third kappa shape index (κ3) is 2.20. The van der Waals surface area contributed by atoms with Crippen molar-refractivity contribution in [3.8, 4) is 0 Å². The second kappa shape index (κ2) is 5.86. The first-order valence-electron chi connectivity index (χ1n) is 8.10. The Morgan fingerprint density at radius 1 is 1.36 bits per heavy atom. The summed E-state index contributed by atoms with van der Waals surface area (Å²) >= 11 is 0. The standard InChI is InChI=1S/C18H17N3O4/c1-2-24-16(22)14-11-25-18(12-7-4-3-5-8-12)15-13(9-6-10-19-15)20-17(23)21(14)18/h3-10,14H,2,11H2,1H3,(H,20,23). The van der Waals surface area contributed by atoms with Crippen molar-refractivity contribution >= 4 is 17.7 Å². The lowest BCUT2D eigenvalue weighted by atomic mass is 9.93. The van der Waals surface area contributed by atoms with E-state index in [-0.39, 0.29) is 13.2 Å². The first-order chi connectivity index (χ1) is 12.2. The number of pyridine rings is 1. The van der Waals surface area contributed by atoms with Crippen molar-refractivity contribution in [2.24, 2.45) is 0 Å². The predicted molar refractivity (Wildman–Crippen MR) is 88.7 cm³/mol. The number of aromatic nitrogens is 1. The number of nitrogens with zero attached hydrogens (tertiary/aromatic N) is 2. The molecule has 7 nitrogen and oxygen atoms in total. The Kier molecular flexibility index (Phi) is 3.65. The van der Waals surface area contributed by atoms with Gasteiger partial charge < -0.3 is 14.8 Å². The summed E-state index contributed by atoms with van der Waals surface area (Å²) < 4.78 is 11.2. The largest absolute Gasteiger partial charge is 0.464 e. The molecule has 0 bridgehead atoms. The van der Waals surface area contributed by atoms with Gasteiger partial charge in [-0.1, -0.05) is 30.3 Å². The average Bonchev–Trinajstić information content (AvgIpc) is 3.05. The molecule has 2 unspecified atom stereocenters. The van der Waals surface area contributed by atoms with Crippen LogP contribution in [0.5, 0.6) is 0 Å². The number of benzene rings is 1. The maximum atomic E-state index is 12.8. The lowest BCUT2D eigenvalue weighted by Crippen LogP contribution is -2.57. The van der Waals surface area contributed by atoms with Crippen molar-refractivity contribution in [2.45, 2.75) is 18.7 Å². The fourth-order valence-corrected chi connectivity index (χ4v) is 3.42. The Hall–Kier alpha value is -2.93. The fraction of sp³-hybridized carbons (Fsp3) is 0.278. The van der Waals surface area contributed by atoms with E-state index in [0.29, 0.717) is 11.4 Å². The van der Waals surface area contributed by atoms with Crippen LogP contribution in [-0.4, -0.2) is 41.1 Å². The van der Waals surface area contributed by atoms with E-state index in [4.69, 9.17) is 9.47 Å². The maximum absolute atomic E-state index is 12.8. The second-order valence-electron chi connectivity index (χ2n) is 5.79. The topological polar surface area (TPSA) is 80.8 Å². The van der Waals surface area contributed by atoms with Crippen LogP contribution in [0.4, 0.5) is 10.5 Å². The molecule has 2 amide bonds. The predicted octanol–water partition coefficient (Wildman–Crippen LogP) is 2.09. The number of ether oxygens (including phenoxy) is 2. The van der Waals surface area contributed by atoms with E-state index in [1.165, 1.54) is 4.90 Å². The van der Waals surface area contributed by atoms with Crippen LogP contribution in [0.2, 0.25) is 0 Å². The van der Waals surface area contributed by atoms with Gasteiger partial charge in [-0.3, -0.25) is 9.88 Å². The summed E-state index contributed by atoms with van der Waals surface area (Å²) in [5.74, 6) is -0.491. The van der Waals surface area contributed by atoms with E-state index in [9.17, 15) is 9.59 Å². The zero-order valence-corrected chi connectivity index (χ0v) is 13.6. The number of esters is 1. The SMILES string of the molecule is CCOC(=O)C1COC2(c3ccccc3)c3ncccc3NC(=O)N12. The number of hydrogen-bond acceptors (Lipinski definition) is 5. The third-order valence-electron chi connectivity index (χ3n) is 4.41. The molecule has 1 aromatic heterocycles. The first-order valence-corrected chi connectivity index (χ1v) is 8.10. The molecule has 2 aromatic rings. The average molecular weight is 339 g/mol. The zero-order chi connectivity index (χ0) is 17.4. The highest BCUT2D eigenvalue weighted by Gasteiger charge is 2.59. The van der Waals surface area contributed by atoms with Gasteiger partial charge in [-0.05, 0) is 19.1 Å². The number of carbonyl (C=O) groups is 2. The van der Waals surface area contributed by atoms with Crippen LogP contribution in [-0.2, 0) is 20.0 Å². The van der Waals surface area contributed by atoms with E-state index in [2.05, 4.69) is 10.3 Å². The molecule has 0 radical (unpaired) electrons. The smallest absolute Gasteiger partial charge is 0.331 e. The van der Waals surface area contributed by atoms with Gasteiger partial charge in [0.25, 0.3) is 0 Å². The molecule has 0 spiro atoms. The van der Waals surface area contributed by atoms with Crippen molar-refractivity contribution < 1.29 is 19.1 Å². The van der Waals surface area contributed by atoms with E-state index in [1.807, 2.05) is 30.3 Å². The Bertz CT molecular complexity index is 826. The highest BCUT2D eigenvalue weighted by atomic mass is 16.6. The highest BCUT2D eigenvalue weighted by molar-refractivity contribution is 5.97. The fourth-order valence-electron chi connectivity index (χ4n) is 3.42. The minimum Gasteiger partial charge on any atom is -0.464 e. The lowest BCUT2D eigenvalue weighted by molar-refractivity contribution is -0.148. The Morgan fingerprint density at radius 3 is 2.92 bits per heavy atom. The molecule has 4 rings (SSSR count). The quantitative estimate of drug-likeness (QED) is 0.866. The van der Waals surface area contributed by atoms with Gasteiger partial charge in [0.1, 0.15) is 5.69 Å². The van der Waals surface area contributed by atoms with Crippen molar-refractivity contribution in [3.63, 3.8) is 0 Å². The Balaban J connectivity index is 1.92. The monoisotopic (exact) mass is 339 g/mol. The molecule has 2 aliphatic heterocycles. The van der Waals surface area contributed by atoms with Crippen molar-refractivity contribution in [1.29, 1.82) is 0 Å². The number of nitrogens with one attached hydrogen (secondary N) is 1. The number of hydrogen-bond donors (Lipinski definition) is 1. The lowest BCUT2D eigenvalue weighted by Gasteiger charge is -2.42. The van der Waals surface area contributed by atoms with Crippen LogP contribution in [0, 0.1) is 0 Å². The van der Waals surface area contributed by atoms with Gasteiger partial charge in [-0.2, -0.15) is 0 Å².